The molecule has 0 bridgehead atoms. The topological polar surface area (TPSA) is 67.0 Å². The van der Waals surface area contributed by atoms with Crippen molar-refractivity contribution in [3.8, 4) is 0 Å². The van der Waals surface area contributed by atoms with E-state index < -0.39 is 0 Å². The Morgan fingerprint density at radius 3 is 3.12 bits per heavy atom. The standard InChI is InChI=1S/C11H17N3O2/c1-11(2)5-9(3-4-16-11)14-10(15)8-6-12-13-7-8/h6-7,9H,3-5H2,1-2H3,(H,12,13)(H,14,15). The second-order valence-electron chi connectivity index (χ2n) is 4.76. The molecule has 88 valence electrons. The number of nitrogens with one attached hydrogen (secondary N) is 2. The van der Waals surface area contributed by atoms with Crippen molar-refractivity contribution in [2.45, 2.75) is 38.3 Å². The van der Waals surface area contributed by atoms with E-state index in [1.54, 1.807) is 6.20 Å². The number of rotatable bonds is 2. The fourth-order valence-corrected chi connectivity index (χ4v) is 2.00. The number of aromatic nitrogens is 2. The molecule has 2 rings (SSSR count). The Bertz CT molecular complexity index is 359. The molecule has 0 aliphatic carbocycles. The lowest BCUT2D eigenvalue weighted by Crippen LogP contribution is -2.45. The summed E-state index contributed by atoms with van der Waals surface area (Å²) in [7, 11) is 0. The third-order valence-electron chi connectivity index (χ3n) is 2.79. The van der Waals surface area contributed by atoms with Gasteiger partial charge >= 0.3 is 0 Å². The fourth-order valence-electron chi connectivity index (χ4n) is 2.00. The van der Waals surface area contributed by atoms with Gasteiger partial charge in [-0.2, -0.15) is 5.10 Å². The maximum atomic E-state index is 11.8. The molecule has 0 spiro atoms. The van der Waals surface area contributed by atoms with E-state index in [0.29, 0.717) is 12.2 Å². The van der Waals surface area contributed by atoms with Crippen LogP contribution < -0.4 is 5.32 Å². The van der Waals surface area contributed by atoms with E-state index in [4.69, 9.17) is 4.74 Å². The van der Waals surface area contributed by atoms with Gasteiger partial charge in [-0.25, -0.2) is 0 Å². The highest BCUT2D eigenvalue weighted by Crippen LogP contribution is 2.23. The molecule has 1 aliphatic rings. The molecule has 16 heavy (non-hydrogen) atoms. The van der Waals surface area contributed by atoms with E-state index in [9.17, 15) is 4.79 Å². The van der Waals surface area contributed by atoms with Crippen LogP contribution in [0.15, 0.2) is 12.4 Å². The molecule has 1 aromatic heterocycles. The van der Waals surface area contributed by atoms with Gasteiger partial charge in [0.2, 0.25) is 0 Å². The molecule has 1 atom stereocenters. The first-order valence-electron chi connectivity index (χ1n) is 5.50. The molecular formula is C11H17N3O2. The van der Waals surface area contributed by atoms with Crippen LogP contribution in [0.25, 0.3) is 0 Å². The van der Waals surface area contributed by atoms with Gasteiger partial charge in [0, 0.05) is 18.8 Å². The Morgan fingerprint density at radius 1 is 1.69 bits per heavy atom. The smallest absolute Gasteiger partial charge is 0.254 e. The van der Waals surface area contributed by atoms with E-state index >= 15 is 0 Å². The van der Waals surface area contributed by atoms with E-state index in [-0.39, 0.29) is 17.6 Å². The van der Waals surface area contributed by atoms with Crippen molar-refractivity contribution < 1.29 is 9.53 Å². The summed E-state index contributed by atoms with van der Waals surface area (Å²) in [4.78, 5) is 11.8. The van der Waals surface area contributed by atoms with E-state index in [1.165, 1.54) is 6.20 Å². The van der Waals surface area contributed by atoms with Gasteiger partial charge in [0.1, 0.15) is 0 Å². The van der Waals surface area contributed by atoms with Crippen LogP contribution in [0.3, 0.4) is 0 Å². The molecule has 0 aromatic carbocycles. The molecule has 2 heterocycles. The summed E-state index contributed by atoms with van der Waals surface area (Å²) in [6.07, 6.45) is 4.84. The third kappa shape index (κ3) is 2.61. The van der Waals surface area contributed by atoms with Crippen LogP contribution in [0.2, 0.25) is 0 Å². The maximum absolute atomic E-state index is 11.8. The molecule has 1 amide bonds. The van der Waals surface area contributed by atoms with Crippen LogP contribution in [-0.4, -0.2) is 34.4 Å². The quantitative estimate of drug-likeness (QED) is 0.789. The highest BCUT2D eigenvalue weighted by molar-refractivity contribution is 5.93. The molecule has 5 nitrogen and oxygen atoms in total. The molecule has 1 saturated heterocycles. The first kappa shape index (κ1) is 11.1. The van der Waals surface area contributed by atoms with Crippen LogP contribution in [-0.2, 0) is 4.74 Å². The molecular weight excluding hydrogens is 206 g/mol. The van der Waals surface area contributed by atoms with Crippen LogP contribution in [0.1, 0.15) is 37.0 Å². The van der Waals surface area contributed by atoms with Crippen molar-refractivity contribution in [3.05, 3.63) is 18.0 Å². The first-order chi connectivity index (χ1) is 7.57. The second-order valence-corrected chi connectivity index (χ2v) is 4.76. The zero-order chi connectivity index (χ0) is 11.6. The predicted octanol–water partition coefficient (Wildman–Crippen LogP) is 1.10. The summed E-state index contributed by atoms with van der Waals surface area (Å²) in [5.74, 6) is -0.0727. The van der Waals surface area contributed by atoms with Crippen molar-refractivity contribution in [2.75, 3.05) is 6.61 Å². The molecule has 5 heteroatoms. The number of carbonyl (C=O) groups is 1. The van der Waals surface area contributed by atoms with Crippen molar-refractivity contribution in [3.63, 3.8) is 0 Å². The largest absolute Gasteiger partial charge is 0.375 e. The molecule has 0 radical (unpaired) electrons. The highest BCUT2D eigenvalue weighted by atomic mass is 16.5. The number of aromatic amines is 1. The zero-order valence-electron chi connectivity index (χ0n) is 9.62. The highest BCUT2D eigenvalue weighted by Gasteiger charge is 2.29. The maximum Gasteiger partial charge on any atom is 0.254 e. The monoisotopic (exact) mass is 223 g/mol. The Balaban J connectivity index is 1.92. The van der Waals surface area contributed by atoms with Gasteiger partial charge in [-0.05, 0) is 26.7 Å². The van der Waals surface area contributed by atoms with E-state index in [2.05, 4.69) is 15.5 Å². The van der Waals surface area contributed by atoms with Crippen molar-refractivity contribution >= 4 is 5.91 Å². The second kappa shape index (κ2) is 4.25. The van der Waals surface area contributed by atoms with Crippen molar-refractivity contribution in [1.29, 1.82) is 0 Å². The van der Waals surface area contributed by atoms with Crippen molar-refractivity contribution in [1.82, 2.24) is 15.5 Å². The summed E-state index contributed by atoms with van der Waals surface area (Å²) < 4.78 is 5.60. The van der Waals surface area contributed by atoms with Gasteiger partial charge in [-0.3, -0.25) is 9.89 Å². The summed E-state index contributed by atoms with van der Waals surface area (Å²) in [6.45, 7) is 4.79. The Labute approximate surface area is 94.6 Å². The molecule has 1 unspecified atom stereocenters. The predicted molar refractivity (Wildman–Crippen MR) is 59.1 cm³/mol. The minimum Gasteiger partial charge on any atom is -0.375 e. The van der Waals surface area contributed by atoms with Gasteiger partial charge in [-0.1, -0.05) is 0 Å². The van der Waals surface area contributed by atoms with Gasteiger partial charge in [0.15, 0.2) is 0 Å². The zero-order valence-corrected chi connectivity index (χ0v) is 9.62. The number of nitrogens with zero attached hydrogens (tertiary/aromatic N) is 1. The Kier molecular flexibility index (Phi) is 2.96. The van der Waals surface area contributed by atoms with Gasteiger partial charge in [0.05, 0.1) is 17.4 Å². The lowest BCUT2D eigenvalue weighted by Gasteiger charge is -2.35. The van der Waals surface area contributed by atoms with Crippen LogP contribution in [0.5, 0.6) is 0 Å². The number of ether oxygens (including phenoxy) is 1. The van der Waals surface area contributed by atoms with Gasteiger partial charge < -0.3 is 10.1 Å². The van der Waals surface area contributed by atoms with Crippen LogP contribution >= 0.6 is 0 Å². The minimum atomic E-state index is -0.146. The average Bonchev–Trinajstić information content (AvgIpc) is 2.68. The SMILES string of the molecule is CC1(C)CC(NC(=O)c2cn[nH]c2)CCO1. The Morgan fingerprint density at radius 2 is 2.50 bits per heavy atom. The normalized spacial score (nSPS) is 24.0. The molecule has 2 N–H and O–H groups in total. The Hall–Kier alpha value is -1.36. The van der Waals surface area contributed by atoms with E-state index in [1.807, 2.05) is 13.8 Å². The fraction of sp³-hybridized carbons (Fsp3) is 0.636. The van der Waals surface area contributed by atoms with E-state index in [0.717, 1.165) is 12.8 Å². The molecule has 0 saturated carbocycles. The van der Waals surface area contributed by atoms with Crippen LogP contribution in [0, 0.1) is 0 Å². The third-order valence-corrected chi connectivity index (χ3v) is 2.79. The molecule has 1 fully saturated rings. The summed E-state index contributed by atoms with van der Waals surface area (Å²) in [5, 5.41) is 9.38. The molecule has 1 aromatic rings. The number of hydrogen-bond donors (Lipinski definition) is 2. The summed E-state index contributed by atoms with van der Waals surface area (Å²) in [6, 6.07) is 0.186. The number of amides is 1. The van der Waals surface area contributed by atoms with Gasteiger partial charge in [0.25, 0.3) is 5.91 Å². The lowest BCUT2D eigenvalue weighted by atomic mass is 9.94. The minimum absolute atomic E-state index is 0.0727. The number of hydrogen-bond acceptors (Lipinski definition) is 3. The average molecular weight is 223 g/mol. The number of H-pyrrole nitrogens is 1. The van der Waals surface area contributed by atoms with Crippen LogP contribution in [0.4, 0.5) is 0 Å². The summed E-state index contributed by atoms with van der Waals surface area (Å²) in [5.41, 5.74) is 0.427. The first-order valence-corrected chi connectivity index (χ1v) is 5.50. The van der Waals surface area contributed by atoms with Gasteiger partial charge in [-0.15, -0.1) is 0 Å². The summed E-state index contributed by atoms with van der Waals surface area (Å²) >= 11 is 0. The molecule has 1 aliphatic heterocycles. The lowest BCUT2D eigenvalue weighted by molar-refractivity contribution is -0.0615. The number of carbonyl (C=O) groups excluding carboxylic acids is 1. The van der Waals surface area contributed by atoms with Crippen molar-refractivity contribution in [2.24, 2.45) is 0 Å².